The Hall–Kier alpha value is -1.66. The number of nitrogens with one attached hydrogen (secondary N) is 1. The van der Waals surface area contributed by atoms with Crippen molar-refractivity contribution in [3.63, 3.8) is 0 Å². The van der Waals surface area contributed by atoms with Crippen LogP contribution in [0.3, 0.4) is 0 Å². The lowest BCUT2D eigenvalue weighted by Gasteiger charge is -2.28. The van der Waals surface area contributed by atoms with Crippen molar-refractivity contribution in [3.05, 3.63) is 17.8 Å². The molecule has 1 aromatic heterocycles. The van der Waals surface area contributed by atoms with Gasteiger partial charge in [0, 0.05) is 19.3 Å². The van der Waals surface area contributed by atoms with Crippen molar-refractivity contribution in [2.24, 2.45) is 0 Å². The summed E-state index contributed by atoms with van der Waals surface area (Å²) in [6.45, 7) is 9.30. The number of ether oxygens (including phenoxy) is 3. The summed E-state index contributed by atoms with van der Waals surface area (Å²) >= 11 is 0. The van der Waals surface area contributed by atoms with E-state index in [9.17, 15) is 4.79 Å². The lowest BCUT2D eigenvalue weighted by molar-refractivity contribution is -0.140. The summed E-state index contributed by atoms with van der Waals surface area (Å²) in [7, 11) is 1.62. The molecular formula is C18H30N2O4. The number of methoxy groups -OCH3 is 1. The number of carbonyl (C=O) groups is 1. The standard InChI is InChI=1S/C18H30N2O4/c1-6-8-18(4,24-9-7-2)17(21)20-15-12-14(3)16(19-13-15)23-11-10-22-5/h12-13H,6-11H2,1-5H3,(H,20,21)/t18-/m1/s1. The molecule has 1 atom stereocenters. The Morgan fingerprint density at radius 3 is 2.58 bits per heavy atom. The molecule has 0 aromatic carbocycles. The summed E-state index contributed by atoms with van der Waals surface area (Å²) in [6.07, 6.45) is 4.01. The first-order valence-electron chi connectivity index (χ1n) is 8.50. The fourth-order valence-corrected chi connectivity index (χ4v) is 2.32. The summed E-state index contributed by atoms with van der Waals surface area (Å²) in [5, 5.41) is 2.90. The third-order valence-corrected chi connectivity index (χ3v) is 3.65. The molecule has 0 aliphatic rings. The Morgan fingerprint density at radius 2 is 2.00 bits per heavy atom. The normalized spacial score (nSPS) is 13.4. The number of amides is 1. The molecule has 1 N–H and O–H groups in total. The second-order valence-electron chi connectivity index (χ2n) is 5.97. The van der Waals surface area contributed by atoms with Crippen molar-refractivity contribution < 1.29 is 19.0 Å². The van der Waals surface area contributed by atoms with Crippen LogP contribution >= 0.6 is 0 Å². The number of anilines is 1. The van der Waals surface area contributed by atoms with Crippen LogP contribution in [-0.2, 0) is 14.3 Å². The van der Waals surface area contributed by atoms with Crippen LogP contribution < -0.4 is 10.1 Å². The molecule has 24 heavy (non-hydrogen) atoms. The van der Waals surface area contributed by atoms with Gasteiger partial charge in [0.05, 0.1) is 18.5 Å². The van der Waals surface area contributed by atoms with E-state index >= 15 is 0 Å². The highest BCUT2D eigenvalue weighted by Gasteiger charge is 2.33. The molecule has 6 nitrogen and oxygen atoms in total. The van der Waals surface area contributed by atoms with E-state index < -0.39 is 5.60 Å². The van der Waals surface area contributed by atoms with Crippen LogP contribution in [0.25, 0.3) is 0 Å². The van der Waals surface area contributed by atoms with Crippen LogP contribution in [0, 0.1) is 6.92 Å². The first-order chi connectivity index (χ1) is 11.5. The Kier molecular flexibility index (Phi) is 8.71. The summed E-state index contributed by atoms with van der Waals surface area (Å²) in [6, 6.07) is 1.85. The minimum absolute atomic E-state index is 0.146. The summed E-state index contributed by atoms with van der Waals surface area (Å²) in [5.41, 5.74) is 0.668. The van der Waals surface area contributed by atoms with Crippen LogP contribution in [-0.4, -0.2) is 43.4 Å². The predicted molar refractivity (Wildman–Crippen MR) is 94.5 cm³/mol. The van der Waals surface area contributed by atoms with Gasteiger partial charge in [0.2, 0.25) is 5.88 Å². The number of aryl methyl sites for hydroxylation is 1. The van der Waals surface area contributed by atoms with E-state index in [1.165, 1.54) is 0 Å². The minimum atomic E-state index is -0.827. The largest absolute Gasteiger partial charge is 0.475 e. The lowest BCUT2D eigenvalue weighted by atomic mass is 9.99. The average Bonchev–Trinajstić information content (AvgIpc) is 2.55. The molecule has 0 fully saturated rings. The van der Waals surface area contributed by atoms with Crippen LogP contribution in [0.5, 0.6) is 5.88 Å². The second kappa shape index (κ2) is 10.3. The molecule has 1 amide bonds. The first-order valence-corrected chi connectivity index (χ1v) is 8.50. The van der Waals surface area contributed by atoms with Gasteiger partial charge in [0.1, 0.15) is 12.2 Å². The SMILES string of the molecule is CCCO[C@](C)(CCC)C(=O)Nc1cnc(OCCOC)c(C)c1. The zero-order valence-electron chi connectivity index (χ0n) is 15.5. The van der Waals surface area contributed by atoms with Crippen molar-refractivity contribution in [1.29, 1.82) is 0 Å². The van der Waals surface area contributed by atoms with E-state index in [1.807, 2.05) is 33.8 Å². The molecule has 0 bridgehead atoms. The van der Waals surface area contributed by atoms with Gasteiger partial charge in [-0.05, 0) is 32.8 Å². The van der Waals surface area contributed by atoms with Gasteiger partial charge in [-0.1, -0.05) is 20.3 Å². The quantitative estimate of drug-likeness (QED) is 0.627. The third-order valence-electron chi connectivity index (χ3n) is 3.65. The van der Waals surface area contributed by atoms with Crippen LogP contribution in [0.2, 0.25) is 0 Å². The average molecular weight is 338 g/mol. The number of hydrogen-bond donors (Lipinski definition) is 1. The van der Waals surface area contributed by atoms with E-state index in [1.54, 1.807) is 13.3 Å². The molecule has 0 saturated heterocycles. The zero-order chi connectivity index (χ0) is 18.0. The highest BCUT2D eigenvalue weighted by atomic mass is 16.5. The molecule has 0 unspecified atom stereocenters. The van der Waals surface area contributed by atoms with Gasteiger partial charge in [0.15, 0.2) is 0 Å². The zero-order valence-corrected chi connectivity index (χ0v) is 15.5. The molecule has 0 spiro atoms. The third kappa shape index (κ3) is 6.09. The highest BCUT2D eigenvalue weighted by molar-refractivity contribution is 5.97. The maximum Gasteiger partial charge on any atom is 0.256 e. The molecular weight excluding hydrogens is 308 g/mol. The number of carbonyl (C=O) groups excluding carboxylic acids is 1. The molecule has 1 rings (SSSR count). The van der Waals surface area contributed by atoms with Gasteiger partial charge < -0.3 is 19.5 Å². The van der Waals surface area contributed by atoms with E-state index in [2.05, 4.69) is 10.3 Å². The Bertz CT molecular complexity index is 522. The van der Waals surface area contributed by atoms with Gasteiger partial charge in [-0.2, -0.15) is 0 Å². The molecule has 0 radical (unpaired) electrons. The summed E-state index contributed by atoms with van der Waals surface area (Å²) < 4.78 is 16.3. The maximum atomic E-state index is 12.6. The molecule has 1 heterocycles. The number of rotatable bonds is 11. The van der Waals surface area contributed by atoms with Gasteiger partial charge in [-0.25, -0.2) is 4.98 Å². The van der Waals surface area contributed by atoms with Crippen molar-refractivity contribution in [2.45, 2.75) is 52.6 Å². The molecule has 0 saturated carbocycles. The molecule has 6 heteroatoms. The van der Waals surface area contributed by atoms with Gasteiger partial charge in [0.25, 0.3) is 5.91 Å². The highest BCUT2D eigenvalue weighted by Crippen LogP contribution is 2.23. The summed E-state index contributed by atoms with van der Waals surface area (Å²) in [5.74, 6) is 0.399. The fraction of sp³-hybridized carbons (Fsp3) is 0.667. The first kappa shape index (κ1) is 20.4. The Morgan fingerprint density at radius 1 is 1.25 bits per heavy atom. The van der Waals surface area contributed by atoms with Crippen molar-refractivity contribution in [1.82, 2.24) is 4.98 Å². The molecule has 136 valence electrons. The number of hydrogen-bond acceptors (Lipinski definition) is 5. The Balaban J connectivity index is 2.76. The fourth-order valence-electron chi connectivity index (χ4n) is 2.32. The molecule has 0 aliphatic heterocycles. The number of pyridine rings is 1. The number of nitrogens with zero attached hydrogens (tertiary/aromatic N) is 1. The van der Waals surface area contributed by atoms with E-state index in [4.69, 9.17) is 14.2 Å². The minimum Gasteiger partial charge on any atom is -0.475 e. The van der Waals surface area contributed by atoms with Gasteiger partial charge >= 0.3 is 0 Å². The smallest absolute Gasteiger partial charge is 0.256 e. The monoisotopic (exact) mass is 338 g/mol. The summed E-state index contributed by atoms with van der Waals surface area (Å²) in [4.78, 5) is 16.9. The maximum absolute atomic E-state index is 12.6. The van der Waals surface area contributed by atoms with Crippen LogP contribution in [0.4, 0.5) is 5.69 Å². The van der Waals surface area contributed by atoms with Crippen molar-refractivity contribution >= 4 is 11.6 Å². The number of aromatic nitrogens is 1. The lowest BCUT2D eigenvalue weighted by Crippen LogP contribution is -2.43. The van der Waals surface area contributed by atoms with Gasteiger partial charge in [-0.15, -0.1) is 0 Å². The van der Waals surface area contributed by atoms with Crippen LogP contribution in [0.15, 0.2) is 12.3 Å². The molecule has 1 aromatic rings. The van der Waals surface area contributed by atoms with Crippen molar-refractivity contribution in [3.8, 4) is 5.88 Å². The topological polar surface area (TPSA) is 69.7 Å². The van der Waals surface area contributed by atoms with E-state index in [0.29, 0.717) is 37.8 Å². The molecule has 0 aliphatic carbocycles. The van der Waals surface area contributed by atoms with Crippen LogP contribution in [0.1, 0.15) is 45.6 Å². The van der Waals surface area contributed by atoms with Gasteiger partial charge in [-0.3, -0.25) is 4.79 Å². The van der Waals surface area contributed by atoms with E-state index in [-0.39, 0.29) is 5.91 Å². The Labute approximate surface area is 144 Å². The second-order valence-corrected chi connectivity index (χ2v) is 5.97. The van der Waals surface area contributed by atoms with Crippen molar-refractivity contribution in [2.75, 3.05) is 32.2 Å². The van der Waals surface area contributed by atoms with E-state index in [0.717, 1.165) is 18.4 Å². The predicted octanol–water partition coefficient (Wildman–Crippen LogP) is 3.34.